The molecule has 1 atom stereocenters. The fourth-order valence-electron chi connectivity index (χ4n) is 2.25. The van der Waals surface area contributed by atoms with Crippen molar-refractivity contribution in [3.63, 3.8) is 0 Å². The van der Waals surface area contributed by atoms with Crippen LogP contribution < -0.4 is 10.1 Å². The summed E-state index contributed by atoms with van der Waals surface area (Å²) in [6, 6.07) is 5.37. The molecule has 0 fully saturated rings. The lowest BCUT2D eigenvalue weighted by Gasteiger charge is -2.13. The molecule has 1 amide bonds. The van der Waals surface area contributed by atoms with Gasteiger partial charge in [0.1, 0.15) is 15.6 Å². The minimum Gasteiger partial charge on any atom is -0.484 e. The summed E-state index contributed by atoms with van der Waals surface area (Å²) in [4.78, 5) is 27.5. The number of carboxylic acids is 1. The van der Waals surface area contributed by atoms with Gasteiger partial charge in [0.2, 0.25) is 0 Å². The van der Waals surface area contributed by atoms with Gasteiger partial charge in [-0.2, -0.15) is 0 Å². The van der Waals surface area contributed by atoms with Crippen molar-refractivity contribution in [2.45, 2.75) is 33.7 Å². The lowest BCUT2D eigenvalue weighted by atomic mass is 10.1. The van der Waals surface area contributed by atoms with E-state index >= 15 is 0 Å². The van der Waals surface area contributed by atoms with Crippen LogP contribution in [0.5, 0.6) is 5.75 Å². The Bertz CT molecular complexity index is 770. The number of benzene rings is 1. The molecule has 0 bridgehead atoms. The maximum absolute atomic E-state index is 12.0. The van der Waals surface area contributed by atoms with E-state index < -0.39 is 5.97 Å². The van der Waals surface area contributed by atoms with E-state index in [1.165, 1.54) is 0 Å². The molecular weight excluding hydrogens is 328 g/mol. The van der Waals surface area contributed by atoms with Crippen molar-refractivity contribution in [1.29, 1.82) is 0 Å². The molecule has 1 unspecified atom stereocenters. The number of carbonyl (C=O) groups is 2. The second-order valence-corrected chi connectivity index (χ2v) is 6.65. The van der Waals surface area contributed by atoms with Gasteiger partial charge >= 0.3 is 5.97 Å². The SMILES string of the molecule is Cc1ccc(OCC(=O)NC(C)c2nc(C)c(C(=O)O)s2)c(C)c1. The number of amides is 1. The summed E-state index contributed by atoms with van der Waals surface area (Å²) in [6.07, 6.45) is 0. The van der Waals surface area contributed by atoms with E-state index in [1.807, 2.05) is 32.0 Å². The van der Waals surface area contributed by atoms with Gasteiger partial charge in [-0.1, -0.05) is 17.7 Å². The van der Waals surface area contributed by atoms with E-state index in [0.717, 1.165) is 22.5 Å². The van der Waals surface area contributed by atoms with E-state index in [0.29, 0.717) is 16.5 Å². The molecule has 2 aromatic rings. The molecule has 0 aliphatic carbocycles. The van der Waals surface area contributed by atoms with Crippen LogP contribution in [0.15, 0.2) is 18.2 Å². The summed E-state index contributed by atoms with van der Waals surface area (Å²) >= 11 is 1.07. The third kappa shape index (κ3) is 4.32. The van der Waals surface area contributed by atoms with Crippen molar-refractivity contribution in [3.8, 4) is 5.75 Å². The molecule has 2 rings (SSSR count). The molecule has 0 aliphatic heterocycles. The zero-order valence-electron chi connectivity index (χ0n) is 14.0. The van der Waals surface area contributed by atoms with E-state index in [4.69, 9.17) is 9.84 Å². The molecule has 7 heteroatoms. The first-order valence-corrected chi connectivity index (χ1v) is 8.29. The third-order valence-electron chi connectivity index (χ3n) is 3.44. The van der Waals surface area contributed by atoms with Crippen LogP contribution in [0, 0.1) is 20.8 Å². The maximum atomic E-state index is 12.0. The van der Waals surface area contributed by atoms with E-state index in [9.17, 15) is 9.59 Å². The lowest BCUT2D eigenvalue weighted by molar-refractivity contribution is -0.123. The van der Waals surface area contributed by atoms with Crippen LogP contribution in [0.2, 0.25) is 0 Å². The van der Waals surface area contributed by atoms with Crippen molar-refractivity contribution in [3.05, 3.63) is 44.9 Å². The van der Waals surface area contributed by atoms with Gasteiger partial charge in [0.05, 0.1) is 11.7 Å². The first-order valence-electron chi connectivity index (χ1n) is 7.48. The van der Waals surface area contributed by atoms with E-state index in [2.05, 4.69) is 10.3 Å². The third-order valence-corrected chi connectivity index (χ3v) is 4.77. The number of rotatable bonds is 6. The number of nitrogens with one attached hydrogen (secondary N) is 1. The van der Waals surface area contributed by atoms with Gasteiger partial charge in [-0.25, -0.2) is 9.78 Å². The highest BCUT2D eigenvalue weighted by molar-refractivity contribution is 7.13. The monoisotopic (exact) mass is 348 g/mol. The second-order valence-electron chi connectivity index (χ2n) is 5.62. The van der Waals surface area contributed by atoms with Crippen molar-refractivity contribution >= 4 is 23.2 Å². The van der Waals surface area contributed by atoms with Gasteiger partial charge in [-0.15, -0.1) is 11.3 Å². The Labute approximate surface area is 144 Å². The molecule has 1 aromatic carbocycles. The number of aromatic nitrogens is 1. The molecule has 0 radical (unpaired) electrons. The summed E-state index contributed by atoms with van der Waals surface area (Å²) in [5.41, 5.74) is 2.55. The summed E-state index contributed by atoms with van der Waals surface area (Å²) in [7, 11) is 0. The number of carbonyl (C=O) groups excluding carboxylic acids is 1. The van der Waals surface area contributed by atoms with Crippen molar-refractivity contribution < 1.29 is 19.4 Å². The van der Waals surface area contributed by atoms with Gasteiger partial charge in [-0.05, 0) is 39.3 Å². The van der Waals surface area contributed by atoms with Crippen LogP contribution in [0.3, 0.4) is 0 Å². The minimum atomic E-state index is -1.01. The summed E-state index contributed by atoms with van der Waals surface area (Å²) in [5, 5.41) is 12.4. The van der Waals surface area contributed by atoms with Gasteiger partial charge < -0.3 is 15.2 Å². The molecule has 0 aliphatic rings. The topological polar surface area (TPSA) is 88.5 Å². The average molecular weight is 348 g/mol. The average Bonchev–Trinajstić information content (AvgIpc) is 2.88. The summed E-state index contributed by atoms with van der Waals surface area (Å²) in [6.45, 7) is 7.21. The number of aryl methyl sites for hydroxylation is 3. The number of nitrogens with zero attached hydrogens (tertiary/aromatic N) is 1. The van der Waals surface area contributed by atoms with Gasteiger partial charge in [0, 0.05) is 0 Å². The number of thiazole rings is 1. The molecule has 1 heterocycles. The quantitative estimate of drug-likeness (QED) is 0.838. The van der Waals surface area contributed by atoms with Gasteiger partial charge in [0.15, 0.2) is 6.61 Å². The van der Waals surface area contributed by atoms with Crippen LogP contribution in [0.1, 0.15) is 44.5 Å². The van der Waals surface area contributed by atoms with Crippen molar-refractivity contribution in [2.75, 3.05) is 6.61 Å². The number of aromatic carboxylic acids is 1. The zero-order valence-corrected chi connectivity index (χ0v) is 14.9. The molecule has 6 nitrogen and oxygen atoms in total. The largest absolute Gasteiger partial charge is 0.484 e. The highest BCUT2D eigenvalue weighted by atomic mass is 32.1. The Morgan fingerprint density at radius 1 is 1.33 bits per heavy atom. The minimum absolute atomic E-state index is 0.107. The smallest absolute Gasteiger partial charge is 0.347 e. The van der Waals surface area contributed by atoms with Crippen LogP contribution in [0.25, 0.3) is 0 Å². The molecule has 0 saturated heterocycles. The molecule has 2 N–H and O–H groups in total. The predicted octanol–water partition coefficient (Wildman–Crippen LogP) is 3.02. The van der Waals surface area contributed by atoms with Crippen LogP contribution in [-0.4, -0.2) is 28.6 Å². The Morgan fingerprint density at radius 2 is 2.04 bits per heavy atom. The summed E-state index contributed by atoms with van der Waals surface area (Å²) < 4.78 is 5.53. The molecule has 128 valence electrons. The highest BCUT2D eigenvalue weighted by Gasteiger charge is 2.19. The van der Waals surface area contributed by atoms with E-state index in [1.54, 1.807) is 13.8 Å². The lowest BCUT2D eigenvalue weighted by Crippen LogP contribution is -2.31. The molecule has 0 saturated carbocycles. The molecular formula is C17H20N2O4S. The zero-order chi connectivity index (χ0) is 17.9. The number of hydrogen-bond acceptors (Lipinski definition) is 5. The van der Waals surface area contributed by atoms with Crippen LogP contribution in [-0.2, 0) is 4.79 Å². The highest BCUT2D eigenvalue weighted by Crippen LogP contribution is 2.23. The molecule has 0 spiro atoms. The number of carboxylic acid groups (broad SMARTS) is 1. The first kappa shape index (κ1) is 17.9. The van der Waals surface area contributed by atoms with E-state index in [-0.39, 0.29) is 23.4 Å². The Morgan fingerprint density at radius 3 is 2.62 bits per heavy atom. The fraction of sp³-hybridized carbons (Fsp3) is 0.353. The van der Waals surface area contributed by atoms with Crippen molar-refractivity contribution in [2.24, 2.45) is 0 Å². The normalized spacial score (nSPS) is 11.8. The van der Waals surface area contributed by atoms with Crippen molar-refractivity contribution in [1.82, 2.24) is 10.3 Å². The number of hydrogen-bond donors (Lipinski definition) is 2. The van der Waals surface area contributed by atoms with Gasteiger partial charge in [-0.3, -0.25) is 4.79 Å². The standard InChI is InChI=1S/C17H20N2O4S/c1-9-5-6-13(10(2)7-9)23-8-14(20)18-12(4)16-19-11(3)15(24-16)17(21)22/h5-7,12H,8H2,1-4H3,(H,18,20)(H,21,22). The molecule has 1 aromatic heterocycles. The van der Waals surface area contributed by atoms with Crippen LogP contribution in [0.4, 0.5) is 0 Å². The predicted molar refractivity (Wildman–Crippen MR) is 91.8 cm³/mol. The van der Waals surface area contributed by atoms with Crippen LogP contribution >= 0.6 is 11.3 Å². The second kappa shape index (κ2) is 7.44. The molecule has 24 heavy (non-hydrogen) atoms. The Balaban J connectivity index is 1.94. The number of ether oxygens (including phenoxy) is 1. The fourth-order valence-corrected chi connectivity index (χ4v) is 3.16. The Hall–Kier alpha value is -2.41. The maximum Gasteiger partial charge on any atom is 0.347 e. The van der Waals surface area contributed by atoms with Gasteiger partial charge in [0.25, 0.3) is 5.91 Å². The first-order chi connectivity index (χ1) is 11.3. The summed E-state index contributed by atoms with van der Waals surface area (Å²) in [5.74, 6) is -0.623. The Kier molecular flexibility index (Phi) is 5.56.